The normalized spacial score (nSPS) is 17.0. The van der Waals surface area contributed by atoms with Crippen LogP contribution in [0.5, 0.6) is 0 Å². The predicted octanol–water partition coefficient (Wildman–Crippen LogP) is 4.78. The number of aromatic nitrogens is 1. The number of likely N-dealkylation sites (tertiary alicyclic amines) is 1. The van der Waals surface area contributed by atoms with Crippen molar-refractivity contribution < 1.29 is 13.6 Å². The molecule has 7 heteroatoms. The van der Waals surface area contributed by atoms with Crippen LogP contribution in [0.25, 0.3) is 10.2 Å². The van der Waals surface area contributed by atoms with E-state index in [1.807, 2.05) is 25.1 Å². The third-order valence-corrected chi connectivity index (χ3v) is 6.50. The van der Waals surface area contributed by atoms with Crippen LogP contribution in [0.1, 0.15) is 30.7 Å². The van der Waals surface area contributed by atoms with Crippen LogP contribution in [-0.4, -0.2) is 34.9 Å². The molecular formula is C21H21F2N3OS. The SMILES string of the molecule is CC(C(=O)Nc1ccc(F)cc1F)N1CCC(c2nc3ccccc3s2)CC1. The molecule has 0 spiro atoms. The van der Waals surface area contributed by atoms with Gasteiger partial charge in [0.05, 0.1) is 27.0 Å². The number of para-hydroxylation sites is 1. The van der Waals surface area contributed by atoms with Crippen molar-refractivity contribution in [1.82, 2.24) is 9.88 Å². The molecule has 1 atom stereocenters. The number of nitrogens with zero attached hydrogens (tertiary/aromatic N) is 2. The number of benzene rings is 2. The molecule has 0 saturated carbocycles. The van der Waals surface area contributed by atoms with Crippen LogP contribution in [0.4, 0.5) is 14.5 Å². The first kappa shape index (κ1) is 19.0. The second-order valence-electron chi connectivity index (χ2n) is 7.12. The number of carbonyl (C=O) groups excluding carboxylic acids is 1. The lowest BCUT2D eigenvalue weighted by atomic mass is 9.96. The molecule has 0 radical (unpaired) electrons. The van der Waals surface area contributed by atoms with Gasteiger partial charge < -0.3 is 5.32 Å². The average molecular weight is 401 g/mol. The van der Waals surface area contributed by atoms with Crippen LogP contribution in [0.2, 0.25) is 0 Å². The fourth-order valence-corrected chi connectivity index (χ4v) is 4.73. The van der Waals surface area contributed by atoms with Gasteiger partial charge in [0.1, 0.15) is 11.6 Å². The van der Waals surface area contributed by atoms with Crippen molar-refractivity contribution >= 4 is 33.1 Å². The van der Waals surface area contributed by atoms with E-state index in [1.54, 1.807) is 11.3 Å². The molecule has 1 amide bonds. The molecule has 28 heavy (non-hydrogen) atoms. The van der Waals surface area contributed by atoms with E-state index in [-0.39, 0.29) is 17.6 Å². The van der Waals surface area contributed by atoms with E-state index in [2.05, 4.69) is 16.3 Å². The van der Waals surface area contributed by atoms with E-state index < -0.39 is 11.6 Å². The summed E-state index contributed by atoms with van der Waals surface area (Å²) in [5, 5.41) is 3.72. The maximum atomic E-state index is 13.8. The van der Waals surface area contributed by atoms with E-state index in [9.17, 15) is 13.6 Å². The van der Waals surface area contributed by atoms with Crippen LogP contribution in [0, 0.1) is 11.6 Å². The Morgan fingerprint density at radius 2 is 1.96 bits per heavy atom. The third kappa shape index (κ3) is 3.91. The van der Waals surface area contributed by atoms with Gasteiger partial charge in [-0.25, -0.2) is 13.8 Å². The Morgan fingerprint density at radius 1 is 1.21 bits per heavy atom. The zero-order chi connectivity index (χ0) is 19.7. The number of fused-ring (bicyclic) bond motifs is 1. The van der Waals surface area contributed by atoms with Crippen molar-refractivity contribution in [1.29, 1.82) is 0 Å². The summed E-state index contributed by atoms with van der Waals surface area (Å²) in [6, 6.07) is 10.9. The van der Waals surface area contributed by atoms with Gasteiger partial charge in [0.15, 0.2) is 0 Å². The molecule has 3 aromatic rings. The van der Waals surface area contributed by atoms with E-state index >= 15 is 0 Å². The molecular weight excluding hydrogens is 380 g/mol. The molecule has 1 fully saturated rings. The van der Waals surface area contributed by atoms with Crippen LogP contribution < -0.4 is 5.32 Å². The van der Waals surface area contributed by atoms with Gasteiger partial charge in [0.25, 0.3) is 0 Å². The fraction of sp³-hybridized carbons (Fsp3) is 0.333. The van der Waals surface area contributed by atoms with Gasteiger partial charge in [-0.3, -0.25) is 9.69 Å². The number of carbonyl (C=O) groups is 1. The van der Waals surface area contributed by atoms with Crippen molar-refractivity contribution in [2.24, 2.45) is 0 Å². The summed E-state index contributed by atoms with van der Waals surface area (Å²) in [6.45, 7) is 3.37. The zero-order valence-corrected chi connectivity index (χ0v) is 16.3. The smallest absolute Gasteiger partial charge is 0.241 e. The zero-order valence-electron chi connectivity index (χ0n) is 15.5. The summed E-state index contributed by atoms with van der Waals surface area (Å²) in [4.78, 5) is 19.4. The lowest BCUT2D eigenvalue weighted by molar-refractivity contribution is -0.121. The molecule has 4 nitrogen and oxygen atoms in total. The highest BCUT2D eigenvalue weighted by Gasteiger charge is 2.29. The number of amides is 1. The Bertz CT molecular complexity index is 965. The molecule has 1 saturated heterocycles. The average Bonchev–Trinajstić information content (AvgIpc) is 3.14. The number of hydrogen-bond acceptors (Lipinski definition) is 4. The van der Waals surface area contributed by atoms with Crippen molar-refractivity contribution in [3.8, 4) is 0 Å². The van der Waals surface area contributed by atoms with Gasteiger partial charge in [-0.15, -0.1) is 11.3 Å². The molecule has 0 bridgehead atoms. The summed E-state index contributed by atoms with van der Waals surface area (Å²) in [5.41, 5.74) is 1.04. The Kier molecular flexibility index (Phi) is 5.37. The number of halogens is 2. The molecule has 0 aliphatic carbocycles. The highest BCUT2D eigenvalue weighted by molar-refractivity contribution is 7.18. The number of rotatable bonds is 4. The molecule has 1 aliphatic heterocycles. The number of piperidine rings is 1. The summed E-state index contributed by atoms with van der Waals surface area (Å²) in [5.74, 6) is -1.32. The van der Waals surface area contributed by atoms with Crippen LogP contribution >= 0.6 is 11.3 Å². The minimum absolute atomic E-state index is 0.00242. The Morgan fingerprint density at radius 3 is 2.68 bits per heavy atom. The maximum absolute atomic E-state index is 13.8. The third-order valence-electron chi connectivity index (χ3n) is 5.31. The Hall–Kier alpha value is -2.38. The second kappa shape index (κ2) is 7.93. The van der Waals surface area contributed by atoms with E-state index in [0.29, 0.717) is 5.92 Å². The number of thiazole rings is 1. The van der Waals surface area contributed by atoms with Gasteiger partial charge >= 0.3 is 0 Å². The predicted molar refractivity (Wildman–Crippen MR) is 108 cm³/mol. The highest BCUT2D eigenvalue weighted by atomic mass is 32.1. The lowest BCUT2D eigenvalue weighted by Gasteiger charge is -2.34. The van der Waals surface area contributed by atoms with E-state index in [4.69, 9.17) is 4.98 Å². The summed E-state index contributed by atoms with van der Waals surface area (Å²) in [6.07, 6.45) is 1.87. The van der Waals surface area contributed by atoms with E-state index in [0.717, 1.165) is 48.6 Å². The second-order valence-corrected chi connectivity index (χ2v) is 8.18. The van der Waals surface area contributed by atoms with Crippen molar-refractivity contribution in [2.75, 3.05) is 18.4 Å². The standard InChI is InChI=1S/C21H21F2N3OS/c1-13(20(27)24-17-7-6-15(22)12-16(17)23)26-10-8-14(9-11-26)21-25-18-4-2-3-5-19(18)28-21/h2-7,12-14H,8-11H2,1H3,(H,24,27). The monoisotopic (exact) mass is 401 g/mol. The minimum atomic E-state index is -0.768. The largest absolute Gasteiger partial charge is 0.322 e. The summed E-state index contributed by atoms with van der Waals surface area (Å²) < 4.78 is 28.0. The maximum Gasteiger partial charge on any atom is 0.241 e. The number of hydrogen-bond donors (Lipinski definition) is 1. The van der Waals surface area contributed by atoms with Crippen molar-refractivity contribution in [3.63, 3.8) is 0 Å². The number of nitrogens with one attached hydrogen (secondary N) is 1. The first-order chi connectivity index (χ1) is 13.5. The van der Waals surface area contributed by atoms with Crippen LogP contribution in [-0.2, 0) is 4.79 Å². The van der Waals surface area contributed by atoms with Gasteiger partial charge in [0, 0.05) is 12.0 Å². The van der Waals surface area contributed by atoms with Gasteiger partial charge in [-0.05, 0) is 57.1 Å². The summed E-state index contributed by atoms with van der Waals surface area (Å²) >= 11 is 1.74. The molecule has 2 aromatic carbocycles. The first-order valence-electron chi connectivity index (χ1n) is 9.36. The van der Waals surface area contributed by atoms with Gasteiger partial charge in [-0.1, -0.05) is 12.1 Å². The van der Waals surface area contributed by atoms with Gasteiger partial charge in [0.2, 0.25) is 5.91 Å². The minimum Gasteiger partial charge on any atom is -0.322 e. The Balaban J connectivity index is 1.36. The molecule has 146 valence electrons. The fourth-order valence-electron chi connectivity index (χ4n) is 3.59. The molecule has 1 N–H and O–H groups in total. The highest BCUT2D eigenvalue weighted by Crippen LogP contribution is 2.34. The Labute approximate surface area is 166 Å². The summed E-state index contributed by atoms with van der Waals surface area (Å²) in [7, 11) is 0. The first-order valence-corrected chi connectivity index (χ1v) is 10.2. The molecule has 2 heterocycles. The quantitative estimate of drug-likeness (QED) is 0.684. The van der Waals surface area contributed by atoms with E-state index in [1.165, 1.54) is 10.8 Å². The molecule has 1 aliphatic rings. The van der Waals surface area contributed by atoms with Crippen LogP contribution in [0.3, 0.4) is 0 Å². The van der Waals surface area contributed by atoms with Crippen molar-refractivity contribution in [2.45, 2.75) is 31.7 Å². The number of anilines is 1. The van der Waals surface area contributed by atoms with Gasteiger partial charge in [-0.2, -0.15) is 0 Å². The molecule has 1 unspecified atom stereocenters. The molecule has 1 aromatic heterocycles. The topological polar surface area (TPSA) is 45.2 Å². The van der Waals surface area contributed by atoms with Crippen LogP contribution in [0.15, 0.2) is 42.5 Å². The molecule has 4 rings (SSSR count). The lowest BCUT2D eigenvalue weighted by Crippen LogP contribution is -2.45. The van der Waals surface area contributed by atoms with Crippen molar-refractivity contribution in [3.05, 3.63) is 59.1 Å².